The van der Waals surface area contributed by atoms with Gasteiger partial charge < -0.3 is 9.47 Å². The van der Waals surface area contributed by atoms with Gasteiger partial charge in [0.15, 0.2) is 0 Å². The third kappa shape index (κ3) is 8.14. The molecule has 3 rings (SSSR count). The van der Waals surface area contributed by atoms with Gasteiger partial charge in [-0.05, 0) is 71.5 Å². The molecule has 3 aromatic rings. The fourth-order valence-electron chi connectivity index (χ4n) is 4.07. The van der Waals surface area contributed by atoms with Gasteiger partial charge in [-0.15, -0.1) is 0 Å². The van der Waals surface area contributed by atoms with Crippen LogP contribution in [0.2, 0.25) is 0 Å². The molecule has 0 amide bonds. The summed E-state index contributed by atoms with van der Waals surface area (Å²) in [6.07, 6.45) is -15.1. The molecule has 0 N–H and O–H groups in total. The molecule has 0 spiro atoms. The molecular weight excluding hydrogens is 574 g/mol. The number of esters is 1. The molecule has 0 bridgehead atoms. The van der Waals surface area contributed by atoms with Crippen LogP contribution in [0.4, 0.5) is 43.9 Å². The van der Waals surface area contributed by atoms with Gasteiger partial charge in [0.1, 0.15) is 17.3 Å². The number of benzene rings is 3. The average Bonchev–Trinajstić information content (AvgIpc) is 2.84. The molecule has 41 heavy (non-hydrogen) atoms. The summed E-state index contributed by atoms with van der Waals surface area (Å²) in [6, 6.07) is 5.45. The lowest BCUT2D eigenvalue weighted by Crippen LogP contribution is -2.16. The second kappa shape index (κ2) is 11.6. The third-order valence-corrected chi connectivity index (χ3v) is 5.88. The van der Waals surface area contributed by atoms with Gasteiger partial charge in [0, 0.05) is 6.07 Å². The van der Waals surface area contributed by atoms with Crippen LogP contribution in [0, 0.1) is 11.7 Å². The molecule has 1 unspecified atom stereocenters. The lowest BCUT2D eigenvalue weighted by molar-refractivity contribution is -0.144. The molecule has 0 aliphatic heterocycles. The summed E-state index contributed by atoms with van der Waals surface area (Å²) in [6.45, 7) is 3.48. The number of carbonyl (C=O) groups excluding carboxylic acids is 1. The van der Waals surface area contributed by atoms with Crippen molar-refractivity contribution in [2.24, 2.45) is 5.92 Å². The van der Waals surface area contributed by atoms with Gasteiger partial charge >= 0.3 is 24.5 Å². The number of ether oxygens (including phenoxy) is 2. The van der Waals surface area contributed by atoms with E-state index in [-0.39, 0.29) is 41.3 Å². The van der Waals surface area contributed by atoms with Crippen molar-refractivity contribution in [2.75, 3.05) is 7.11 Å². The Balaban J connectivity index is 2.28. The first-order valence-electron chi connectivity index (χ1n) is 11.9. The van der Waals surface area contributed by atoms with E-state index < -0.39 is 64.2 Å². The minimum atomic E-state index is -5.16. The van der Waals surface area contributed by atoms with Gasteiger partial charge in [-0.2, -0.15) is 39.5 Å². The number of hydrogen-bond donors (Lipinski definition) is 0. The van der Waals surface area contributed by atoms with Gasteiger partial charge in [-0.1, -0.05) is 19.9 Å². The van der Waals surface area contributed by atoms with Crippen molar-refractivity contribution < 1.29 is 58.2 Å². The minimum Gasteiger partial charge on any atom is -0.469 e. The van der Waals surface area contributed by atoms with Crippen molar-refractivity contribution in [1.82, 2.24) is 0 Å². The Hall–Kier alpha value is -3.77. The summed E-state index contributed by atoms with van der Waals surface area (Å²) in [5.41, 5.74) is -5.43. The lowest BCUT2D eigenvalue weighted by atomic mass is 9.88. The van der Waals surface area contributed by atoms with Gasteiger partial charge in [-0.3, -0.25) is 4.79 Å². The maximum atomic E-state index is 14.0. The van der Waals surface area contributed by atoms with Crippen molar-refractivity contribution in [2.45, 2.75) is 44.7 Å². The van der Waals surface area contributed by atoms with Crippen LogP contribution >= 0.6 is 0 Å². The number of methoxy groups -OCH3 is 1. The standard InChI is InChI=1S/C28H22F10O3/c1-14(2)4-24(25(39)40-3)17-5-15(16-6-18(26(30,31)32)10-19(7-16)27(33,34)35)8-22(9-17)41-23-12-20(28(36,37)38)11-21(29)13-23/h5-14,24H,4H2,1-3H3. The predicted octanol–water partition coefficient (Wildman–Crippen LogP) is 9.64. The molecule has 13 heteroatoms. The molecule has 222 valence electrons. The maximum Gasteiger partial charge on any atom is 0.416 e. The monoisotopic (exact) mass is 596 g/mol. The van der Waals surface area contributed by atoms with Crippen LogP contribution in [-0.4, -0.2) is 13.1 Å². The summed E-state index contributed by atoms with van der Waals surface area (Å²) < 4.78 is 145. The summed E-state index contributed by atoms with van der Waals surface area (Å²) >= 11 is 0. The van der Waals surface area contributed by atoms with Crippen molar-refractivity contribution in [1.29, 1.82) is 0 Å². The van der Waals surface area contributed by atoms with E-state index in [1.54, 1.807) is 13.8 Å². The normalized spacial score (nSPS) is 13.3. The highest BCUT2D eigenvalue weighted by atomic mass is 19.4. The van der Waals surface area contributed by atoms with Crippen molar-refractivity contribution >= 4 is 5.97 Å². The average molecular weight is 596 g/mol. The van der Waals surface area contributed by atoms with E-state index in [2.05, 4.69) is 0 Å². The van der Waals surface area contributed by atoms with E-state index >= 15 is 0 Å². The Morgan fingerprint density at radius 1 is 0.683 bits per heavy atom. The first-order valence-corrected chi connectivity index (χ1v) is 11.9. The van der Waals surface area contributed by atoms with Gasteiger partial charge in [0.25, 0.3) is 0 Å². The second-order valence-corrected chi connectivity index (χ2v) is 9.57. The van der Waals surface area contributed by atoms with Crippen LogP contribution in [0.15, 0.2) is 54.6 Å². The van der Waals surface area contributed by atoms with Crippen LogP contribution in [0.3, 0.4) is 0 Å². The Bertz CT molecular complexity index is 1370. The first kappa shape index (κ1) is 31.8. The van der Waals surface area contributed by atoms with Crippen LogP contribution in [0.25, 0.3) is 11.1 Å². The summed E-state index contributed by atoms with van der Waals surface area (Å²) in [4.78, 5) is 12.6. The smallest absolute Gasteiger partial charge is 0.416 e. The Morgan fingerprint density at radius 2 is 1.17 bits per heavy atom. The largest absolute Gasteiger partial charge is 0.469 e. The topological polar surface area (TPSA) is 35.5 Å². The highest BCUT2D eigenvalue weighted by Gasteiger charge is 2.37. The molecule has 0 heterocycles. The molecule has 0 aliphatic rings. The molecule has 1 atom stereocenters. The third-order valence-electron chi connectivity index (χ3n) is 5.88. The fraction of sp³-hybridized carbons (Fsp3) is 0.321. The number of alkyl halides is 9. The molecule has 0 aromatic heterocycles. The number of hydrogen-bond acceptors (Lipinski definition) is 3. The second-order valence-electron chi connectivity index (χ2n) is 9.57. The van der Waals surface area contributed by atoms with Gasteiger partial charge in [-0.25, -0.2) is 4.39 Å². The van der Waals surface area contributed by atoms with Crippen molar-refractivity contribution in [3.63, 3.8) is 0 Å². The zero-order valence-electron chi connectivity index (χ0n) is 21.6. The van der Waals surface area contributed by atoms with Crippen LogP contribution in [0.1, 0.15) is 48.4 Å². The number of rotatable bonds is 7. The number of halogens is 10. The molecule has 0 radical (unpaired) electrons. The molecule has 0 aliphatic carbocycles. The van der Waals surface area contributed by atoms with Gasteiger partial charge in [0.05, 0.1) is 29.7 Å². The van der Waals surface area contributed by atoms with Crippen LogP contribution < -0.4 is 4.74 Å². The zero-order chi connectivity index (χ0) is 30.9. The predicted molar refractivity (Wildman–Crippen MR) is 128 cm³/mol. The maximum absolute atomic E-state index is 14.0. The fourth-order valence-corrected chi connectivity index (χ4v) is 4.07. The van der Waals surface area contributed by atoms with E-state index in [0.717, 1.165) is 13.2 Å². The first-order chi connectivity index (χ1) is 18.8. The van der Waals surface area contributed by atoms with Crippen molar-refractivity contribution in [3.8, 4) is 22.6 Å². The molecule has 3 aromatic carbocycles. The van der Waals surface area contributed by atoms with Crippen molar-refractivity contribution in [3.05, 3.63) is 82.7 Å². The summed E-state index contributed by atoms with van der Waals surface area (Å²) in [7, 11) is 1.07. The SMILES string of the molecule is COC(=O)C(CC(C)C)c1cc(Oc2cc(F)cc(C(F)(F)F)c2)cc(-c2cc(C(F)(F)F)cc(C(F)(F)F)c2)c1. The van der Waals surface area contributed by atoms with E-state index in [4.69, 9.17) is 9.47 Å². The summed E-state index contributed by atoms with van der Waals surface area (Å²) in [5, 5.41) is 0. The van der Waals surface area contributed by atoms with Crippen LogP contribution in [0.5, 0.6) is 11.5 Å². The summed E-state index contributed by atoms with van der Waals surface area (Å²) in [5.74, 6) is -4.35. The Labute approximate surface area is 227 Å². The molecule has 3 nitrogen and oxygen atoms in total. The highest BCUT2D eigenvalue weighted by Crippen LogP contribution is 2.41. The number of carbonyl (C=O) groups is 1. The Kier molecular flexibility index (Phi) is 8.99. The quantitative estimate of drug-likeness (QED) is 0.201. The molecular formula is C28H22F10O3. The zero-order valence-corrected chi connectivity index (χ0v) is 21.6. The lowest BCUT2D eigenvalue weighted by Gasteiger charge is -2.20. The van der Waals surface area contributed by atoms with Crippen LogP contribution in [-0.2, 0) is 28.1 Å². The highest BCUT2D eigenvalue weighted by molar-refractivity contribution is 5.80. The molecule has 0 fully saturated rings. The molecule has 0 saturated carbocycles. The minimum absolute atomic E-state index is 0.0384. The van der Waals surface area contributed by atoms with E-state index in [1.807, 2.05) is 0 Å². The van der Waals surface area contributed by atoms with E-state index in [0.29, 0.717) is 24.3 Å². The van der Waals surface area contributed by atoms with E-state index in [9.17, 15) is 48.7 Å². The molecule has 0 saturated heterocycles. The van der Waals surface area contributed by atoms with Gasteiger partial charge in [0.2, 0.25) is 0 Å². The van der Waals surface area contributed by atoms with E-state index in [1.165, 1.54) is 12.1 Å². The Morgan fingerprint density at radius 3 is 1.66 bits per heavy atom.